The Hall–Kier alpha value is -1.37. The molecule has 0 aliphatic carbocycles. The molecule has 5 nitrogen and oxygen atoms in total. The van der Waals surface area contributed by atoms with Crippen LogP contribution in [-0.4, -0.2) is 13.4 Å². The van der Waals surface area contributed by atoms with Crippen molar-refractivity contribution < 1.29 is 12.8 Å². The third-order valence-electron chi connectivity index (χ3n) is 2.44. The van der Waals surface area contributed by atoms with Gasteiger partial charge in [0.15, 0.2) is 5.89 Å². The molecule has 0 aliphatic heterocycles. The van der Waals surface area contributed by atoms with E-state index in [1.54, 1.807) is 31.2 Å². The number of nitrogens with one attached hydrogen (secondary N) is 1. The van der Waals surface area contributed by atoms with Gasteiger partial charge in [-0.2, -0.15) is 0 Å². The van der Waals surface area contributed by atoms with Gasteiger partial charge in [0, 0.05) is 11.9 Å². The Morgan fingerprint density at radius 3 is 2.74 bits per heavy atom. The highest BCUT2D eigenvalue weighted by Gasteiger charge is 2.14. The van der Waals surface area contributed by atoms with Crippen molar-refractivity contribution in [2.24, 2.45) is 0 Å². The van der Waals surface area contributed by atoms with E-state index in [2.05, 4.69) is 9.71 Å². The summed E-state index contributed by atoms with van der Waals surface area (Å²) in [5, 5.41) is 0.435. The summed E-state index contributed by atoms with van der Waals surface area (Å²) in [5.41, 5.74) is 1.10. The summed E-state index contributed by atoms with van der Waals surface area (Å²) < 4.78 is 31.3. The van der Waals surface area contributed by atoms with E-state index in [0.717, 1.165) is 0 Å². The quantitative estimate of drug-likeness (QED) is 0.919. The van der Waals surface area contributed by atoms with Crippen molar-refractivity contribution in [1.82, 2.24) is 9.71 Å². The molecule has 2 rings (SSSR count). The summed E-state index contributed by atoms with van der Waals surface area (Å²) >= 11 is 5.93. The summed E-state index contributed by atoms with van der Waals surface area (Å²) in [6, 6.07) is 6.84. The molecular formula is C12H13ClN2O3S. The lowest BCUT2D eigenvalue weighted by molar-refractivity contribution is 0.520. The number of hydrogen-bond donors (Lipinski definition) is 1. The number of nitrogens with zero attached hydrogens (tertiary/aromatic N) is 1. The Morgan fingerprint density at radius 2 is 2.11 bits per heavy atom. The van der Waals surface area contributed by atoms with E-state index in [1.807, 2.05) is 0 Å². The van der Waals surface area contributed by atoms with Crippen LogP contribution in [0.25, 0.3) is 0 Å². The van der Waals surface area contributed by atoms with Gasteiger partial charge in [-0.15, -0.1) is 0 Å². The van der Waals surface area contributed by atoms with Crippen LogP contribution < -0.4 is 4.72 Å². The fourth-order valence-corrected chi connectivity index (χ4v) is 2.96. The first-order chi connectivity index (χ1) is 8.96. The molecule has 0 fully saturated rings. The van der Waals surface area contributed by atoms with Crippen molar-refractivity contribution in [2.45, 2.75) is 19.2 Å². The standard InChI is InChI=1S/C12H13ClN2O3S/c1-9-15-11(7-18-9)6-14-19(16,17)8-10-4-2-3-5-12(10)13/h2-5,7,14H,6,8H2,1H3. The Labute approximate surface area is 116 Å². The molecular weight excluding hydrogens is 288 g/mol. The molecule has 1 aromatic heterocycles. The van der Waals surface area contributed by atoms with E-state index in [9.17, 15) is 8.42 Å². The van der Waals surface area contributed by atoms with Crippen molar-refractivity contribution in [3.63, 3.8) is 0 Å². The maximum atomic E-state index is 11.9. The molecule has 1 heterocycles. The second-order valence-corrected chi connectivity index (χ2v) is 6.24. The van der Waals surface area contributed by atoms with Crippen molar-refractivity contribution in [3.05, 3.63) is 52.7 Å². The Bertz CT molecular complexity index is 667. The zero-order chi connectivity index (χ0) is 13.9. The lowest BCUT2D eigenvalue weighted by atomic mass is 10.2. The van der Waals surface area contributed by atoms with Gasteiger partial charge in [-0.3, -0.25) is 0 Å². The van der Waals surface area contributed by atoms with Crippen molar-refractivity contribution in [3.8, 4) is 0 Å². The molecule has 2 aromatic rings. The zero-order valence-corrected chi connectivity index (χ0v) is 11.8. The second-order valence-electron chi connectivity index (χ2n) is 4.03. The van der Waals surface area contributed by atoms with Crippen LogP contribution in [0.15, 0.2) is 34.9 Å². The zero-order valence-electron chi connectivity index (χ0n) is 10.3. The average Bonchev–Trinajstić information content (AvgIpc) is 2.76. The largest absolute Gasteiger partial charge is 0.449 e. The van der Waals surface area contributed by atoms with E-state index in [4.69, 9.17) is 16.0 Å². The van der Waals surface area contributed by atoms with E-state index in [-0.39, 0.29) is 12.3 Å². The van der Waals surface area contributed by atoms with Gasteiger partial charge < -0.3 is 4.42 Å². The first-order valence-electron chi connectivity index (χ1n) is 5.58. The van der Waals surface area contributed by atoms with E-state index < -0.39 is 10.0 Å². The van der Waals surface area contributed by atoms with Crippen LogP contribution >= 0.6 is 11.6 Å². The van der Waals surface area contributed by atoms with Crippen molar-refractivity contribution >= 4 is 21.6 Å². The van der Waals surface area contributed by atoms with E-state index >= 15 is 0 Å². The highest BCUT2D eigenvalue weighted by molar-refractivity contribution is 7.88. The highest BCUT2D eigenvalue weighted by atomic mass is 35.5. The third kappa shape index (κ3) is 4.05. The number of sulfonamides is 1. The molecule has 0 aliphatic rings. The summed E-state index contributed by atoms with van der Waals surface area (Å²) in [6.45, 7) is 1.80. The minimum Gasteiger partial charge on any atom is -0.449 e. The summed E-state index contributed by atoms with van der Waals surface area (Å²) in [5.74, 6) is 0.337. The van der Waals surface area contributed by atoms with Crippen LogP contribution in [0.3, 0.4) is 0 Å². The molecule has 7 heteroatoms. The molecule has 1 N–H and O–H groups in total. The molecule has 0 unspecified atom stereocenters. The summed E-state index contributed by atoms with van der Waals surface area (Å²) in [6.07, 6.45) is 1.42. The van der Waals surface area contributed by atoms with Crippen LogP contribution in [0.5, 0.6) is 0 Å². The van der Waals surface area contributed by atoms with Gasteiger partial charge in [0.1, 0.15) is 6.26 Å². The molecule has 0 bridgehead atoms. The monoisotopic (exact) mass is 300 g/mol. The fourth-order valence-electron chi connectivity index (χ4n) is 1.54. The SMILES string of the molecule is Cc1nc(CNS(=O)(=O)Cc2ccccc2Cl)co1. The third-order valence-corrected chi connectivity index (χ3v) is 4.09. The Kier molecular flexibility index (Phi) is 4.24. The van der Waals surface area contributed by atoms with E-state index in [1.165, 1.54) is 6.26 Å². The number of oxazole rings is 1. The number of aromatic nitrogens is 1. The first-order valence-corrected chi connectivity index (χ1v) is 7.61. The Balaban J connectivity index is 2.01. The number of benzene rings is 1. The molecule has 0 amide bonds. The van der Waals surface area contributed by atoms with Crippen molar-refractivity contribution in [2.75, 3.05) is 0 Å². The van der Waals surface area contributed by atoms with Gasteiger partial charge in [0.05, 0.1) is 18.0 Å². The minimum absolute atomic E-state index is 0.101. The first kappa shape index (κ1) is 14.0. The van der Waals surface area contributed by atoms with Gasteiger partial charge in [-0.05, 0) is 11.6 Å². The number of halogens is 1. The van der Waals surface area contributed by atoms with Crippen LogP contribution in [-0.2, 0) is 22.3 Å². The maximum absolute atomic E-state index is 11.9. The minimum atomic E-state index is -3.46. The number of aryl methyl sites for hydroxylation is 1. The molecule has 1 aromatic carbocycles. The normalized spacial score (nSPS) is 11.7. The molecule has 0 saturated carbocycles. The molecule has 19 heavy (non-hydrogen) atoms. The number of hydrogen-bond acceptors (Lipinski definition) is 4. The predicted molar refractivity (Wildman–Crippen MR) is 72.2 cm³/mol. The summed E-state index contributed by atoms with van der Waals surface area (Å²) in [4.78, 5) is 4.02. The molecule has 0 saturated heterocycles. The van der Waals surface area contributed by atoms with Crippen LogP contribution in [0.2, 0.25) is 5.02 Å². The van der Waals surface area contributed by atoms with Crippen molar-refractivity contribution in [1.29, 1.82) is 0 Å². The van der Waals surface area contributed by atoms with Gasteiger partial charge in [0.2, 0.25) is 10.0 Å². The van der Waals surface area contributed by atoms with Crippen LogP contribution in [0, 0.1) is 6.92 Å². The van der Waals surface area contributed by atoms with Crippen LogP contribution in [0.1, 0.15) is 17.1 Å². The average molecular weight is 301 g/mol. The molecule has 0 spiro atoms. The van der Waals surface area contributed by atoms with Crippen LogP contribution in [0.4, 0.5) is 0 Å². The Morgan fingerprint density at radius 1 is 1.37 bits per heavy atom. The molecule has 102 valence electrons. The van der Waals surface area contributed by atoms with E-state index in [0.29, 0.717) is 22.2 Å². The second kappa shape index (κ2) is 5.73. The lowest BCUT2D eigenvalue weighted by Crippen LogP contribution is -2.25. The van der Waals surface area contributed by atoms with Gasteiger partial charge in [-0.1, -0.05) is 29.8 Å². The van der Waals surface area contributed by atoms with Gasteiger partial charge >= 0.3 is 0 Å². The fraction of sp³-hybridized carbons (Fsp3) is 0.250. The lowest BCUT2D eigenvalue weighted by Gasteiger charge is -2.06. The molecule has 0 radical (unpaired) electrons. The highest BCUT2D eigenvalue weighted by Crippen LogP contribution is 2.17. The predicted octanol–water partition coefficient (Wildman–Crippen LogP) is 2.26. The van der Waals surface area contributed by atoms with Gasteiger partial charge in [-0.25, -0.2) is 18.1 Å². The number of rotatable bonds is 5. The smallest absolute Gasteiger partial charge is 0.216 e. The van der Waals surface area contributed by atoms with Gasteiger partial charge in [0.25, 0.3) is 0 Å². The summed E-state index contributed by atoms with van der Waals surface area (Å²) in [7, 11) is -3.46. The topological polar surface area (TPSA) is 72.2 Å². The maximum Gasteiger partial charge on any atom is 0.216 e. The molecule has 0 atom stereocenters.